The maximum absolute atomic E-state index is 11.6. The van der Waals surface area contributed by atoms with E-state index in [2.05, 4.69) is 26.1 Å². The molecule has 100 valence electrons. The zero-order chi connectivity index (χ0) is 13.4. The fourth-order valence-corrected chi connectivity index (χ4v) is 1.79. The highest BCUT2D eigenvalue weighted by Crippen LogP contribution is 2.14. The summed E-state index contributed by atoms with van der Waals surface area (Å²) in [7, 11) is 0. The normalized spacial score (nSPS) is 9.89. The van der Waals surface area contributed by atoms with Crippen LogP contribution in [0.25, 0.3) is 0 Å². The molecule has 18 heavy (non-hydrogen) atoms. The van der Waals surface area contributed by atoms with Gasteiger partial charge >= 0.3 is 0 Å². The molecular weight excluding hydrogens is 254 g/mol. The minimum Gasteiger partial charge on any atom is -0.360 e. The van der Waals surface area contributed by atoms with Gasteiger partial charge in [0.2, 0.25) is 16.0 Å². The van der Waals surface area contributed by atoms with Gasteiger partial charge in [-0.15, -0.1) is 10.2 Å². The molecule has 1 aromatic heterocycles. The number of nitrogens with zero attached hydrogens (tertiary/aromatic N) is 2. The fourth-order valence-electron chi connectivity index (χ4n) is 1.11. The van der Waals surface area contributed by atoms with Crippen LogP contribution in [0.1, 0.15) is 30.1 Å². The van der Waals surface area contributed by atoms with E-state index in [1.54, 1.807) is 0 Å². The predicted octanol–water partition coefficient (Wildman–Crippen LogP) is 0.226. The highest BCUT2D eigenvalue weighted by atomic mass is 32.1. The molecule has 0 radical (unpaired) electrons. The molecule has 0 fully saturated rings. The van der Waals surface area contributed by atoms with Crippen LogP contribution in [0.15, 0.2) is 0 Å². The van der Waals surface area contributed by atoms with Crippen molar-refractivity contribution < 1.29 is 9.59 Å². The fraction of sp³-hybridized carbons (Fsp3) is 0.600. The molecule has 0 aromatic carbocycles. The first-order valence-corrected chi connectivity index (χ1v) is 6.55. The Morgan fingerprint density at radius 1 is 1.17 bits per heavy atom. The second-order valence-corrected chi connectivity index (χ2v) is 4.56. The van der Waals surface area contributed by atoms with Crippen molar-refractivity contribution in [1.82, 2.24) is 20.8 Å². The number of carbonyl (C=O) groups excluding carboxylic acids is 2. The van der Waals surface area contributed by atoms with Crippen LogP contribution in [0.4, 0.5) is 5.13 Å². The molecule has 7 nitrogen and oxygen atoms in total. The third-order valence-electron chi connectivity index (χ3n) is 1.93. The Kier molecular flexibility index (Phi) is 6.06. The second kappa shape index (κ2) is 7.59. The molecule has 8 heteroatoms. The van der Waals surface area contributed by atoms with Crippen LogP contribution < -0.4 is 16.0 Å². The van der Waals surface area contributed by atoms with Gasteiger partial charge in [0, 0.05) is 26.6 Å². The van der Waals surface area contributed by atoms with Crippen molar-refractivity contribution in [3.8, 4) is 0 Å². The lowest BCUT2D eigenvalue weighted by molar-refractivity contribution is -0.118. The van der Waals surface area contributed by atoms with Gasteiger partial charge < -0.3 is 16.0 Å². The molecule has 0 saturated heterocycles. The monoisotopic (exact) mass is 271 g/mol. The van der Waals surface area contributed by atoms with E-state index in [4.69, 9.17) is 0 Å². The summed E-state index contributed by atoms with van der Waals surface area (Å²) in [5.41, 5.74) is 0. The minimum absolute atomic E-state index is 0.119. The highest BCUT2D eigenvalue weighted by molar-refractivity contribution is 7.17. The minimum atomic E-state index is -0.276. The van der Waals surface area contributed by atoms with Crippen LogP contribution in [0.3, 0.4) is 0 Å². The average molecular weight is 271 g/mol. The van der Waals surface area contributed by atoms with Crippen LogP contribution in [-0.2, 0) is 4.79 Å². The Balaban J connectivity index is 2.32. The summed E-state index contributed by atoms with van der Waals surface area (Å²) in [5.74, 6) is -0.395. The van der Waals surface area contributed by atoms with Crippen LogP contribution in [0.2, 0.25) is 0 Å². The summed E-state index contributed by atoms with van der Waals surface area (Å²) in [6.07, 6.45) is 0.984. The van der Waals surface area contributed by atoms with Gasteiger partial charge in [-0.2, -0.15) is 0 Å². The number of anilines is 1. The smallest absolute Gasteiger partial charge is 0.282 e. The number of aromatic nitrogens is 2. The lowest BCUT2D eigenvalue weighted by Crippen LogP contribution is -2.33. The number of nitrogens with one attached hydrogen (secondary N) is 3. The topological polar surface area (TPSA) is 96.0 Å². The summed E-state index contributed by atoms with van der Waals surface area (Å²) < 4.78 is 0. The van der Waals surface area contributed by atoms with Crippen molar-refractivity contribution in [2.45, 2.75) is 20.3 Å². The van der Waals surface area contributed by atoms with Crippen molar-refractivity contribution in [3.05, 3.63) is 5.01 Å². The summed E-state index contributed by atoms with van der Waals surface area (Å²) in [6.45, 7) is 5.05. The van der Waals surface area contributed by atoms with Gasteiger partial charge in [-0.25, -0.2) is 0 Å². The molecule has 0 atom stereocenters. The largest absolute Gasteiger partial charge is 0.360 e. The van der Waals surface area contributed by atoms with Crippen LogP contribution in [0.5, 0.6) is 0 Å². The third-order valence-corrected chi connectivity index (χ3v) is 2.81. The summed E-state index contributed by atoms with van der Waals surface area (Å²) in [4.78, 5) is 22.2. The van der Waals surface area contributed by atoms with E-state index in [0.29, 0.717) is 23.2 Å². The van der Waals surface area contributed by atoms with Gasteiger partial charge in [0.05, 0.1) is 0 Å². The summed E-state index contributed by atoms with van der Waals surface area (Å²) in [5, 5.41) is 16.9. The molecule has 0 aliphatic carbocycles. The number of rotatable bonds is 7. The second-order valence-electron chi connectivity index (χ2n) is 3.58. The predicted molar refractivity (Wildman–Crippen MR) is 69.7 cm³/mol. The number of carbonyl (C=O) groups is 2. The molecule has 0 unspecified atom stereocenters. The van der Waals surface area contributed by atoms with E-state index in [1.807, 2.05) is 6.92 Å². The molecule has 0 aliphatic heterocycles. The Bertz CT molecular complexity index is 407. The molecule has 1 aromatic rings. The van der Waals surface area contributed by atoms with Crippen molar-refractivity contribution in [1.29, 1.82) is 0 Å². The highest BCUT2D eigenvalue weighted by Gasteiger charge is 2.11. The number of amides is 2. The van der Waals surface area contributed by atoms with Crippen molar-refractivity contribution in [2.75, 3.05) is 25.0 Å². The lowest BCUT2D eigenvalue weighted by atomic mass is 10.5. The summed E-state index contributed by atoms with van der Waals surface area (Å²) in [6, 6.07) is 0. The molecule has 0 saturated carbocycles. The number of hydrogen-bond donors (Lipinski definition) is 3. The van der Waals surface area contributed by atoms with E-state index in [9.17, 15) is 9.59 Å². The van der Waals surface area contributed by atoms with Gasteiger partial charge in [-0.1, -0.05) is 18.3 Å². The average Bonchev–Trinajstić information content (AvgIpc) is 2.80. The van der Waals surface area contributed by atoms with Crippen LogP contribution >= 0.6 is 11.3 Å². The molecule has 0 aliphatic rings. The first kappa shape index (κ1) is 14.4. The summed E-state index contributed by atoms with van der Waals surface area (Å²) >= 11 is 1.21. The van der Waals surface area contributed by atoms with E-state index in [0.717, 1.165) is 13.0 Å². The molecule has 2 amide bonds. The Hall–Kier alpha value is -1.70. The lowest BCUT2D eigenvalue weighted by Gasteiger charge is -2.02. The standard InChI is InChI=1S/C10H17N5O2S/c1-3-4-13-10-15-14-9(18-10)8(17)12-6-5-11-7(2)16/h3-6H2,1-2H3,(H,11,16)(H,12,17)(H,13,15). The Morgan fingerprint density at radius 2 is 1.89 bits per heavy atom. The molecule has 1 rings (SSSR count). The van der Waals surface area contributed by atoms with Gasteiger partial charge in [0.1, 0.15) is 0 Å². The Morgan fingerprint density at radius 3 is 2.56 bits per heavy atom. The van der Waals surface area contributed by atoms with Gasteiger partial charge in [0.25, 0.3) is 5.91 Å². The van der Waals surface area contributed by atoms with Crippen molar-refractivity contribution in [2.24, 2.45) is 0 Å². The van der Waals surface area contributed by atoms with Crippen LogP contribution in [0, 0.1) is 0 Å². The molecule has 0 bridgehead atoms. The molecule has 3 N–H and O–H groups in total. The quantitative estimate of drug-likeness (QED) is 0.617. The number of hydrogen-bond acceptors (Lipinski definition) is 6. The first-order valence-electron chi connectivity index (χ1n) is 5.73. The van der Waals surface area contributed by atoms with Crippen molar-refractivity contribution >= 4 is 28.3 Å². The van der Waals surface area contributed by atoms with Crippen LogP contribution in [-0.4, -0.2) is 41.6 Å². The molecule has 0 spiro atoms. The van der Waals surface area contributed by atoms with Gasteiger partial charge in [-0.05, 0) is 6.42 Å². The van der Waals surface area contributed by atoms with Gasteiger partial charge in [0.15, 0.2) is 0 Å². The van der Waals surface area contributed by atoms with E-state index in [1.165, 1.54) is 18.3 Å². The first-order chi connectivity index (χ1) is 8.63. The zero-order valence-electron chi connectivity index (χ0n) is 10.4. The Labute approximate surface area is 109 Å². The molecule has 1 heterocycles. The maximum Gasteiger partial charge on any atom is 0.282 e. The van der Waals surface area contributed by atoms with Crippen molar-refractivity contribution in [3.63, 3.8) is 0 Å². The third kappa shape index (κ3) is 5.09. The maximum atomic E-state index is 11.6. The zero-order valence-corrected chi connectivity index (χ0v) is 11.3. The molecular formula is C10H17N5O2S. The van der Waals surface area contributed by atoms with E-state index < -0.39 is 0 Å². The van der Waals surface area contributed by atoms with Gasteiger partial charge in [-0.3, -0.25) is 9.59 Å². The van der Waals surface area contributed by atoms with E-state index >= 15 is 0 Å². The SMILES string of the molecule is CCCNc1nnc(C(=O)NCCNC(C)=O)s1. The van der Waals surface area contributed by atoms with E-state index in [-0.39, 0.29) is 11.8 Å².